The third-order valence-electron chi connectivity index (χ3n) is 5.64. The van der Waals surface area contributed by atoms with Gasteiger partial charge in [-0.2, -0.15) is 4.31 Å². The number of fused-ring (bicyclic) bond motifs is 3. The molecule has 7 nitrogen and oxygen atoms in total. The van der Waals surface area contributed by atoms with Crippen LogP contribution in [0.4, 0.5) is 5.13 Å². The summed E-state index contributed by atoms with van der Waals surface area (Å²) in [5.74, 6) is -0.337. The molecular weight excluding hydrogens is 458 g/mol. The number of hydrogen-bond acceptors (Lipinski definition) is 6. The maximum absolute atomic E-state index is 13.0. The number of carbonyl (C=O) groups excluding carboxylic acids is 1. The molecule has 0 saturated carbocycles. The molecule has 1 saturated heterocycles. The molecule has 1 N–H and O–H groups in total. The molecule has 2 unspecified atom stereocenters. The number of benzene rings is 3. The van der Waals surface area contributed by atoms with Gasteiger partial charge in [-0.1, -0.05) is 41.7 Å². The second-order valence-corrected chi connectivity index (χ2v) is 11.1. The van der Waals surface area contributed by atoms with E-state index in [0.29, 0.717) is 23.8 Å². The first-order valence-electron chi connectivity index (χ1n) is 10.7. The number of morpholine rings is 1. The predicted molar refractivity (Wildman–Crippen MR) is 130 cm³/mol. The van der Waals surface area contributed by atoms with Crippen LogP contribution >= 0.6 is 11.3 Å². The Morgan fingerprint density at radius 1 is 1.03 bits per heavy atom. The topological polar surface area (TPSA) is 88.6 Å². The Morgan fingerprint density at radius 2 is 1.73 bits per heavy atom. The molecule has 1 fully saturated rings. The van der Waals surface area contributed by atoms with Crippen LogP contribution in [-0.2, 0) is 14.8 Å². The van der Waals surface area contributed by atoms with Crippen molar-refractivity contribution in [2.24, 2.45) is 0 Å². The van der Waals surface area contributed by atoms with E-state index < -0.39 is 10.0 Å². The highest BCUT2D eigenvalue weighted by Crippen LogP contribution is 2.33. The van der Waals surface area contributed by atoms with E-state index in [0.717, 1.165) is 21.0 Å². The van der Waals surface area contributed by atoms with Gasteiger partial charge in [0.2, 0.25) is 10.0 Å². The number of nitrogens with zero attached hydrogens (tertiary/aromatic N) is 2. The van der Waals surface area contributed by atoms with Crippen LogP contribution in [0.15, 0.2) is 65.6 Å². The molecule has 170 valence electrons. The number of anilines is 1. The lowest BCUT2D eigenvalue weighted by Gasteiger charge is -2.34. The smallest absolute Gasteiger partial charge is 0.257 e. The molecule has 9 heteroatoms. The Morgan fingerprint density at radius 3 is 2.45 bits per heavy atom. The summed E-state index contributed by atoms with van der Waals surface area (Å²) in [5, 5.41) is 5.55. The molecule has 5 rings (SSSR count). The summed E-state index contributed by atoms with van der Waals surface area (Å²) < 4.78 is 34.1. The molecule has 1 aliphatic rings. The number of hydrogen-bond donors (Lipinski definition) is 1. The largest absolute Gasteiger partial charge is 0.373 e. The maximum Gasteiger partial charge on any atom is 0.257 e. The Bertz CT molecular complexity index is 1440. The Labute approximate surface area is 196 Å². The van der Waals surface area contributed by atoms with E-state index in [1.54, 1.807) is 0 Å². The van der Waals surface area contributed by atoms with E-state index in [-0.39, 0.29) is 23.0 Å². The zero-order valence-corrected chi connectivity index (χ0v) is 19.8. The number of nitrogens with one attached hydrogen (secondary N) is 1. The van der Waals surface area contributed by atoms with E-state index in [1.807, 2.05) is 50.2 Å². The van der Waals surface area contributed by atoms with E-state index in [9.17, 15) is 13.2 Å². The van der Waals surface area contributed by atoms with Gasteiger partial charge in [0, 0.05) is 24.0 Å². The van der Waals surface area contributed by atoms with Crippen molar-refractivity contribution in [1.82, 2.24) is 9.29 Å². The number of rotatable bonds is 4. The number of sulfonamides is 1. The summed E-state index contributed by atoms with van der Waals surface area (Å²) in [6.45, 7) is 4.33. The van der Waals surface area contributed by atoms with Gasteiger partial charge in [-0.3, -0.25) is 10.1 Å². The van der Waals surface area contributed by atoms with Gasteiger partial charge in [-0.15, -0.1) is 0 Å². The Hall–Kier alpha value is -2.85. The SMILES string of the molecule is CC1CN(S(=O)(=O)c2ccc(C(=O)Nc3nc4ccc5ccccc5c4s3)cc2)CC(C)O1. The minimum atomic E-state index is -3.66. The van der Waals surface area contributed by atoms with Crippen LogP contribution in [0.1, 0.15) is 24.2 Å². The van der Waals surface area contributed by atoms with Crippen molar-refractivity contribution in [2.45, 2.75) is 31.0 Å². The lowest BCUT2D eigenvalue weighted by atomic mass is 10.1. The third-order valence-corrected chi connectivity index (χ3v) is 8.51. The number of carbonyl (C=O) groups is 1. The third kappa shape index (κ3) is 4.24. The fourth-order valence-corrected chi connectivity index (χ4v) is 6.72. The van der Waals surface area contributed by atoms with Gasteiger partial charge in [0.1, 0.15) is 0 Å². The molecule has 2 heterocycles. The van der Waals surface area contributed by atoms with Crippen molar-refractivity contribution in [1.29, 1.82) is 0 Å². The van der Waals surface area contributed by atoms with Crippen LogP contribution in [0, 0.1) is 0 Å². The number of ether oxygens (including phenoxy) is 1. The van der Waals surface area contributed by atoms with Crippen LogP contribution in [0.3, 0.4) is 0 Å². The Balaban J connectivity index is 1.35. The predicted octanol–water partition coefficient (Wildman–Crippen LogP) is 4.50. The molecule has 1 aliphatic heterocycles. The van der Waals surface area contributed by atoms with Gasteiger partial charge in [-0.25, -0.2) is 13.4 Å². The zero-order chi connectivity index (χ0) is 23.2. The molecule has 33 heavy (non-hydrogen) atoms. The van der Waals surface area contributed by atoms with Crippen LogP contribution < -0.4 is 5.32 Å². The summed E-state index contributed by atoms with van der Waals surface area (Å²) in [5.41, 5.74) is 1.19. The first-order valence-corrected chi connectivity index (χ1v) is 12.9. The highest BCUT2D eigenvalue weighted by atomic mass is 32.2. The molecule has 0 bridgehead atoms. The average molecular weight is 482 g/mol. The van der Waals surface area contributed by atoms with E-state index in [4.69, 9.17) is 4.74 Å². The van der Waals surface area contributed by atoms with Crippen molar-refractivity contribution in [3.63, 3.8) is 0 Å². The highest BCUT2D eigenvalue weighted by Gasteiger charge is 2.32. The summed E-state index contributed by atoms with van der Waals surface area (Å²) in [4.78, 5) is 17.5. The van der Waals surface area contributed by atoms with E-state index in [1.165, 1.54) is 39.9 Å². The molecule has 0 radical (unpaired) electrons. The Kier molecular flexibility index (Phi) is 5.65. The normalized spacial score (nSPS) is 19.7. The van der Waals surface area contributed by atoms with Crippen molar-refractivity contribution >= 4 is 53.4 Å². The monoisotopic (exact) mass is 481 g/mol. The molecule has 0 aliphatic carbocycles. The number of thiazole rings is 1. The van der Waals surface area contributed by atoms with Crippen molar-refractivity contribution in [3.8, 4) is 0 Å². The van der Waals surface area contributed by atoms with Gasteiger partial charge >= 0.3 is 0 Å². The van der Waals surface area contributed by atoms with Crippen molar-refractivity contribution in [3.05, 3.63) is 66.2 Å². The first kappa shape index (κ1) is 22.0. The number of amides is 1. The summed E-state index contributed by atoms with van der Waals surface area (Å²) in [6.07, 6.45) is -0.334. The standard InChI is InChI=1S/C24H23N3O4S2/c1-15-13-27(14-16(2)31-15)33(29,30)19-10-7-18(8-11-19)23(28)26-24-25-21-12-9-17-5-3-4-6-20(17)22(21)32-24/h3-12,15-16H,13-14H2,1-2H3,(H,25,26,28). The quantitative estimate of drug-likeness (QED) is 0.464. The van der Waals surface area contributed by atoms with Gasteiger partial charge in [0.25, 0.3) is 5.91 Å². The molecule has 2 atom stereocenters. The highest BCUT2D eigenvalue weighted by molar-refractivity contribution is 7.89. The fraction of sp³-hybridized carbons (Fsp3) is 0.250. The zero-order valence-electron chi connectivity index (χ0n) is 18.2. The maximum atomic E-state index is 13.0. The molecular formula is C24H23N3O4S2. The first-order chi connectivity index (χ1) is 15.8. The van der Waals surface area contributed by atoms with Gasteiger partial charge < -0.3 is 4.74 Å². The van der Waals surface area contributed by atoms with Gasteiger partial charge in [0.05, 0.1) is 27.3 Å². The van der Waals surface area contributed by atoms with Crippen molar-refractivity contribution in [2.75, 3.05) is 18.4 Å². The van der Waals surface area contributed by atoms with Crippen LogP contribution in [0.5, 0.6) is 0 Å². The second-order valence-electron chi connectivity index (χ2n) is 8.21. The second kappa shape index (κ2) is 8.49. The minimum absolute atomic E-state index is 0.159. The van der Waals surface area contributed by atoms with Crippen LogP contribution in [0.2, 0.25) is 0 Å². The summed E-state index contributed by atoms with van der Waals surface area (Å²) in [6, 6.07) is 18.0. The molecule has 3 aromatic carbocycles. The van der Waals surface area contributed by atoms with Crippen LogP contribution in [0.25, 0.3) is 21.0 Å². The summed E-state index contributed by atoms with van der Waals surface area (Å²) >= 11 is 1.42. The molecule has 0 spiro atoms. The van der Waals surface area contributed by atoms with E-state index in [2.05, 4.69) is 10.3 Å². The minimum Gasteiger partial charge on any atom is -0.373 e. The van der Waals surface area contributed by atoms with Crippen LogP contribution in [-0.4, -0.2) is 48.9 Å². The molecule has 4 aromatic rings. The van der Waals surface area contributed by atoms with E-state index >= 15 is 0 Å². The summed E-state index contributed by atoms with van der Waals surface area (Å²) in [7, 11) is -3.66. The van der Waals surface area contributed by atoms with Crippen molar-refractivity contribution < 1.29 is 17.9 Å². The van der Waals surface area contributed by atoms with Gasteiger partial charge in [-0.05, 0) is 49.6 Å². The lowest BCUT2D eigenvalue weighted by molar-refractivity contribution is -0.0440. The molecule has 1 aromatic heterocycles. The lowest BCUT2D eigenvalue weighted by Crippen LogP contribution is -2.48. The molecule has 1 amide bonds. The fourth-order valence-electron chi connectivity index (χ4n) is 4.13. The van der Waals surface area contributed by atoms with Gasteiger partial charge in [0.15, 0.2) is 5.13 Å². The average Bonchev–Trinajstić information content (AvgIpc) is 3.21. The number of aromatic nitrogens is 1.